The molecule has 0 atom stereocenters. The molecule has 1 aromatic carbocycles. The predicted octanol–water partition coefficient (Wildman–Crippen LogP) is 1.55. The van der Waals surface area contributed by atoms with Crippen LogP contribution in [-0.4, -0.2) is 29.3 Å². The van der Waals surface area contributed by atoms with Gasteiger partial charge in [0, 0.05) is 16.7 Å². The monoisotopic (exact) mass is 259 g/mol. The second-order valence-electron chi connectivity index (χ2n) is 2.65. The number of hydrogen-bond donors (Lipinski definition) is 3. The van der Waals surface area contributed by atoms with E-state index in [0.29, 0.717) is 11.0 Å². The van der Waals surface area contributed by atoms with Crippen LogP contribution in [0.2, 0.25) is 0 Å². The van der Waals surface area contributed by atoms with Crippen molar-refractivity contribution < 1.29 is 15.0 Å². The summed E-state index contributed by atoms with van der Waals surface area (Å²) in [4.78, 5) is 10.6. The fraction of sp³-hybridized carbons (Fsp3) is 0.222. The van der Waals surface area contributed by atoms with Crippen LogP contribution in [0.4, 0.5) is 5.69 Å². The maximum absolute atomic E-state index is 10.6. The van der Waals surface area contributed by atoms with Crippen LogP contribution in [-0.2, 0) is 0 Å². The van der Waals surface area contributed by atoms with Gasteiger partial charge < -0.3 is 15.5 Å². The van der Waals surface area contributed by atoms with E-state index in [4.69, 9.17) is 10.2 Å². The SMILES string of the molecule is O=C(O)c1ccc(NCCO)c(Br)c1. The number of nitrogens with one attached hydrogen (secondary N) is 1. The highest BCUT2D eigenvalue weighted by atomic mass is 79.9. The van der Waals surface area contributed by atoms with Crippen molar-refractivity contribution in [3.63, 3.8) is 0 Å². The number of aromatic carboxylic acids is 1. The molecule has 3 N–H and O–H groups in total. The lowest BCUT2D eigenvalue weighted by atomic mass is 10.2. The Balaban J connectivity index is 2.84. The van der Waals surface area contributed by atoms with E-state index in [0.717, 1.165) is 5.69 Å². The average molecular weight is 260 g/mol. The molecule has 0 fully saturated rings. The van der Waals surface area contributed by atoms with Gasteiger partial charge in [0.05, 0.1) is 12.2 Å². The van der Waals surface area contributed by atoms with E-state index in [1.807, 2.05) is 0 Å². The molecule has 0 amide bonds. The number of aliphatic hydroxyl groups is 1. The third-order valence-corrected chi connectivity index (χ3v) is 2.30. The van der Waals surface area contributed by atoms with Gasteiger partial charge in [-0.05, 0) is 34.1 Å². The molecule has 0 aliphatic rings. The standard InChI is InChI=1S/C9H10BrNO3/c10-7-5-6(9(13)14)1-2-8(7)11-3-4-12/h1-2,5,11-12H,3-4H2,(H,13,14). The van der Waals surface area contributed by atoms with Gasteiger partial charge in [-0.15, -0.1) is 0 Å². The van der Waals surface area contributed by atoms with Gasteiger partial charge in [0.1, 0.15) is 0 Å². The van der Waals surface area contributed by atoms with Crippen molar-refractivity contribution in [2.24, 2.45) is 0 Å². The minimum Gasteiger partial charge on any atom is -0.478 e. The Morgan fingerprint density at radius 2 is 2.21 bits per heavy atom. The van der Waals surface area contributed by atoms with Gasteiger partial charge in [0.2, 0.25) is 0 Å². The van der Waals surface area contributed by atoms with Crippen LogP contribution in [0.3, 0.4) is 0 Å². The summed E-state index contributed by atoms with van der Waals surface area (Å²) in [6, 6.07) is 4.68. The van der Waals surface area contributed by atoms with Crippen molar-refractivity contribution in [1.82, 2.24) is 0 Å². The van der Waals surface area contributed by atoms with Gasteiger partial charge >= 0.3 is 5.97 Å². The first-order valence-electron chi connectivity index (χ1n) is 4.02. The van der Waals surface area contributed by atoms with Crippen LogP contribution >= 0.6 is 15.9 Å². The molecule has 5 heteroatoms. The van der Waals surface area contributed by atoms with Gasteiger partial charge in [-0.25, -0.2) is 4.79 Å². The highest BCUT2D eigenvalue weighted by Crippen LogP contribution is 2.23. The maximum Gasteiger partial charge on any atom is 0.335 e. The fourth-order valence-corrected chi connectivity index (χ4v) is 1.50. The van der Waals surface area contributed by atoms with Crippen molar-refractivity contribution in [1.29, 1.82) is 0 Å². The highest BCUT2D eigenvalue weighted by molar-refractivity contribution is 9.10. The lowest BCUT2D eigenvalue weighted by molar-refractivity contribution is 0.0697. The van der Waals surface area contributed by atoms with Crippen molar-refractivity contribution in [2.45, 2.75) is 0 Å². The van der Waals surface area contributed by atoms with E-state index in [1.54, 1.807) is 6.07 Å². The lowest BCUT2D eigenvalue weighted by Crippen LogP contribution is -2.06. The van der Waals surface area contributed by atoms with Gasteiger partial charge in [-0.1, -0.05) is 0 Å². The molecule has 0 saturated heterocycles. The molecule has 0 aliphatic heterocycles. The van der Waals surface area contributed by atoms with Crippen molar-refractivity contribution in [3.05, 3.63) is 28.2 Å². The Labute approximate surface area is 89.7 Å². The molecule has 0 aromatic heterocycles. The summed E-state index contributed by atoms with van der Waals surface area (Å²) in [5.74, 6) is -0.959. The van der Waals surface area contributed by atoms with Gasteiger partial charge in [-0.2, -0.15) is 0 Å². The molecule has 0 bridgehead atoms. The lowest BCUT2D eigenvalue weighted by Gasteiger charge is -2.07. The molecule has 0 saturated carbocycles. The van der Waals surface area contributed by atoms with Crippen LogP contribution < -0.4 is 5.32 Å². The van der Waals surface area contributed by atoms with Crippen molar-refractivity contribution in [2.75, 3.05) is 18.5 Å². The molecule has 0 spiro atoms. The van der Waals surface area contributed by atoms with Crippen LogP contribution in [0.15, 0.2) is 22.7 Å². The summed E-state index contributed by atoms with van der Waals surface area (Å²) >= 11 is 3.24. The molecule has 1 aromatic rings. The molecule has 14 heavy (non-hydrogen) atoms. The molecule has 0 heterocycles. The summed E-state index contributed by atoms with van der Waals surface area (Å²) in [5, 5.41) is 20.2. The van der Waals surface area contributed by atoms with Crippen LogP contribution in [0.5, 0.6) is 0 Å². The van der Waals surface area contributed by atoms with Crippen molar-refractivity contribution in [3.8, 4) is 0 Å². The first kappa shape index (κ1) is 11.0. The summed E-state index contributed by atoms with van der Waals surface area (Å²) in [7, 11) is 0. The first-order chi connectivity index (χ1) is 6.65. The number of rotatable bonds is 4. The first-order valence-corrected chi connectivity index (χ1v) is 4.82. The number of anilines is 1. The minimum absolute atomic E-state index is 0.0348. The molecular weight excluding hydrogens is 250 g/mol. The van der Waals surface area contributed by atoms with E-state index >= 15 is 0 Å². The fourth-order valence-electron chi connectivity index (χ4n) is 0.982. The van der Waals surface area contributed by atoms with Crippen molar-refractivity contribution >= 4 is 27.6 Å². The molecule has 0 aliphatic carbocycles. The predicted molar refractivity (Wildman–Crippen MR) is 56.7 cm³/mol. The van der Waals surface area contributed by atoms with Crippen LogP contribution in [0.1, 0.15) is 10.4 Å². The minimum atomic E-state index is -0.959. The smallest absolute Gasteiger partial charge is 0.335 e. The Morgan fingerprint density at radius 3 is 2.71 bits per heavy atom. The van der Waals surface area contributed by atoms with Gasteiger partial charge in [0.15, 0.2) is 0 Å². The normalized spacial score (nSPS) is 9.86. The second kappa shape index (κ2) is 4.97. The zero-order valence-corrected chi connectivity index (χ0v) is 8.91. The summed E-state index contributed by atoms with van der Waals surface area (Å²) in [6.45, 7) is 0.470. The zero-order chi connectivity index (χ0) is 10.6. The molecule has 1 rings (SSSR count). The van der Waals surface area contributed by atoms with E-state index in [-0.39, 0.29) is 12.2 Å². The zero-order valence-electron chi connectivity index (χ0n) is 7.33. The number of carboxylic acids is 1. The van der Waals surface area contributed by atoms with Crippen LogP contribution in [0.25, 0.3) is 0 Å². The Kier molecular flexibility index (Phi) is 3.91. The second-order valence-corrected chi connectivity index (χ2v) is 3.50. The van der Waals surface area contributed by atoms with E-state index < -0.39 is 5.97 Å². The van der Waals surface area contributed by atoms with E-state index in [1.165, 1.54) is 12.1 Å². The number of aliphatic hydroxyl groups excluding tert-OH is 1. The molecule has 0 radical (unpaired) electrons. The number of carboxylic acid groups (broad SMARTS) is 1. The third-order valence-electron chi connectivity index (χ3n) is 1.64. The summed E-state index contributed by atoms with van der Waals surface area (Å²) in [5.41, 5.74) is 0.996. The quantitative estimate of drug-likeness (QED) is 0.768. The van der Waals surface area contributed by atoms with E-state index in [2.05, 4.69) is 21.2 Å². The highest BCUT2D eigenvalue weighted by Gasteiger charge is 2.05. The Bertz CT molecular complexity index is 341. The van der Waals surface area contributed by atoms with Crippen LogP contribution in [0, 0.1) is 0 Å². The maximum atomic E-state index is 10.6. The molecule has 4 nitrogen and oxygen atoms in total. The number of carbonyl (C=O) groups is 1. The number of benzene rings is 1. The largest absolute Gasteiger partial charge is 0.478 e. The van der Waals surface area contributed by atoms with Gasteiger partial charge in [0.25, 0.3) is 0 Å². The number of hydrogen-bond acceptors (Lipinski definition) is 3. The van der Waals surface area contributed by atoms with E-state index in [9.17, 15) is 4.79 Å². The Hall–Kier alpha value is -1.07. The molecule has 0 unspecified atom stereocenters. The number of halogens is 1. The molecular formula is C9H10BrNO3. The Morgan fingerprint density at radius 1 is 1.50 bits per heavy atom. The third kappa shape index (κ3) is 2.71. The summed E-state index contributed by atoms with van der Waals surface area (Å²) in [6.07, 6.45) is 0. The average Bonchev–Trinajstić information content (AvgIpc) is 2.15. The summed E-state index contributed by atoms with van der Waals surface area (Å²) < 4.78 is 0.672. The topological polar surface area (TPSA) is 69.6 Å². The molecule has 76 valence electrons. The van der Waals surface area contributed by atoms with Gasteiger partial charge in [-0.3, -0.25) is 0 Å².